The fourth-order valence-electron chi connectivity index (χ4n) is 3.68. The molecule has 0 unspecified atom stereocenters. The van der Waals surface area contributed by atoms with Crippen LogP contribution >= 0.6 is 0 Å². The van der Waals surface area contributed by atoms with Crippen molar-refractivity contribution >= 4 is 6.03 Å². The number of carbonyl (C=O) groups is 1. The zero-order chi connectivity index (χ0) is 14.9. The SMILES string of the molecule is O=C(NCCc1c2c(cc3c1OCC3)OCC2)N1CCCC1. The van der Waals surface area contributed by atoms with Crippen molar-refractivity contribution in [1.82, 2.24) is 10.2 Å². The van der Waals surface area contributed by atoms with Crippen LogP contribution in [0.15, 0.2) is 6.07 Å². The van der Waals surface area contributed by atoms with Crippen molar-refractivity contribution in [3.8, 4) is 11.5 Å². The summed E-state index contributed by atoms with van der Waals surface area (Å²) >= 11 is 0. The van der Waals surface area contributed by atoms with Crippen molar-refractivity contribution in [2.24, 2.45) is 0 Å². The largest absolute Gasteiger partial charge is 0.493 e. The number of urea groups is 1. The summed E-state index contributed by atoms with van der Waals surface area (Å²) in [6.07, 6.45) is 4.96. The van der Waals surface area contributed by atoms with Crippen LogP contribution in [0, 0.1) is 0 Å². The molecular formula is C17H22N2O3. The van der Waals surface area contributed by atoms with Crippen molar-refractivity contribution in [2.75, 3.05) is 32.8 Å². The van der Waals surface area contributed by atoms with Crippen LogP contribution in [0.3, 0.4) is 0 Å². The van der Waals surface area contributed by atoms with E-state index >= 15 is 0 Å². The van der Waals surface area contributed by atoms with Gasteiger partial charge in [-0.2, -0.15) is 0 Å². The molecule has 1 saturated heterocycles. The summed E-state index contributed by atoms with van der Waals surface area (Å²) in [6, 6.07) is 2.20. The third kappa shape index (κ3) is 2.38. The van der Waals surface area contributed by atoms with Crippen LogP contribution in [0.25, 0.3) is 0 Å². The van der Waals surface area contributed by atoms with Crippen LogP contribution in [0.4, 0.5) is 4.79 Å². The summed E-state index contributed by atoms with van der Waals surface area (Å²) in [4.78, 5) is 14.0. The molecule has 0 bridgehead atoms. The lowest BCUT2D eigenvalue weighted by molar-refractivity contribution is 0.209. The Morgan fingerprint density at radius 2 is 2.00 bits per heavy atom. The van der Waals surface area contributed by atoms with Gasteiger partial charge < -0.3 is 19.7 Å². The number of hydrogen-bond donors (Lipinski definition) is 1. The summed E-state index contributed by atoms with van der Waals surface area (Å²) in [7, 11) is 0. The molecule has 0 saturated carbocycles. The molecule has 0 aromatic heterocycles. The van der Waals surface area contributed by atoms with E-state index in [4.69, 9.17) is 9.47 Å². The van der Waals surface area contributed by atoms with Crippen LogP contribution < -0.4 is 14.8 Å². The molecule has 0 aliphatic carbocycles. The predicted molar refractivity (Wildman–Crippen MR) is 82.7 cm³/mol. The Hall–Kier alpha value is -1.91. The third-order valence-corrected chi connectivity index (χ3v) is 4.80. The Labute approximate surface area is 130 Å². The molecular weight excluding hydrogens is 280 g/mol. The van der Waals surface area contributed by atoms with E-state index in [0.717, 1.165) is 69.9 Å². The topological polar surface area (TPSA) is 50.8 Å². The third-order valence-electron chi connectivity index (χ3n) is 4.80. The van der Waals surface area contributed by atoms with Crippen molar-refractivity contribution in [3.63, 3.8) is 0 Å². The van der Waals surface area contributed by atoms with E-state index in [0.29, 0.717) is 6.54 Å². The first-order chi connectivity index (χ1) is 10.8. The van der Waals surface area contributed by atoms with E-state index in [2.05, 4.69) is 11.4 Å². The van der Waals surface area contributed by atoms with E-state index in [1.165, 1.54) is 16.7 Å². The summed E-state index contributed by atoms with van der Waals surface area (Å²) in [6.45, 7) is 3.94. The summed E-state index contributed by atoms with van der Waals surface area (Å²) in [5.74, 6) is 2.06. The normalized spacial score (nSPS) is 18.6. The first-order valence-electron chi connectivity index (χ1n) is 8.29. The highest BCUT2D eigenvalue weighted by Gasteiger charge is 2.26. The number of likely N-dealkylation sites (tertiary alicyclic amines) is 1. The first-order valence-corrected chi connectivity index (χ1v) is 8.29. The zero-order valence-electron chi connectivity index (χ0n) is 12.8. The molecule has 3 aliphatic rings. The number of nitrogens with zero attached hydrogens (tertiary/aromatic N) is 1. The van der Waals surface area contributed by atoms with E-state index < -0.39 is 0 Å². The van der Waals surface area contributed by atoms with E-state index in [1.807, 2.05) is 4.90 Å². The Morgan fingerprint density at radius 1 is 1.18 bits per heavy atom. The minimum atomic E-state index is 0.0684. The van der Waals surface area contributed by atoms with Crippen LogP contribution in [0.1, 0.15) is 29.5 Å². The van der Waals surface area contributed by atoms with Gasteiger partial charge in [0.25, 0.3) is 0 Å². The molecule has 1 N–H and O–H groups in total. The van der Waals surface area contributed by atoms with E-state index in [9.17, 15) is 4.79 Å². The minimum absolute atomic E-state index is 0.0684. The number of ether oxygens (including phenoxy) is 2. The van der Waals surface area contributed by atoms with Gasteiger partial charge in [-0.25, -0.2) is 4.79 Å². The van der Waals surface area contributed by atoms with Gasteiger partial charge in [0.05, 0.1) is 13.2 Å². The standard InChI is InChI=1S/C17H22N2O3/c20-17(19-7-1-2-8-19)18-6-3-14-13-5-10-21-15(13)11-12-4-9-22-16(12)14/h11H,1-10H2,(H,18,20). The summed E-state index contributed by atoms with van der Waals surface area (Å²) in [5.41, 5.74) is 3.77. The van der Waals surface area contributed by atoms with Crippen LogP contribution in [0.2, 0.25) is 0 Å². The molecule has 1 aromatic carbocycles. The molecule has 3 heterocycles. The number of hydrogen-bond acceptors (Lipinski definition) is 3. The average molecular weight is 302 g/mol. The molecule has 2 amide bonds. The molecule has 0 radical (unpaired) electrons. The van der Waals surface area contributed by atoms with Crippen LogP contribution in [0.5, 0.6) is 11.5 Å². The van der Waals surface area contributed by atoms with E-state index in [-0.39, 0.29) is 6.03 Å². The molecule has 3 aliphatic heterocycles. The van der Waals surface area contributed by atoms with Crippen molar-refractivity contribution in [3.05, 3.63) is 22.8 Å². The molecule has 1 aromatic rings. The fraction of sp³-hybridized carbons (Fsp3) is 0.588. The Balaban J connectivity index is 1.45. The van der Waals surface area contributed by atoms with Gasteiger partial charge in [0.1, 0.15) is 11.5 Å². The summed E-state index contributed by atoms with van der Waals surface area (Å²) < 4.78 is 11.6. The second-order valence-electron chi connectivity index (χ2n) is 6.19. The van der Waals surface area contributed by atoms with Gasteiger partial charge in [-0.15, -0.1) is 0 Å². The van der Waals surface area contributed by atoms with Gasteiger partial charge in [-0.1, -0.05) is 0 Å². The Bertz CT molecular complexity index is 562. The molecule has 5 heteroatoms. The van der Waals surface area contributed by atoms with Gasteiger partial charge in [-0.3, -0.25) is 0 Å². The Morgan fingerprint density at radius 3 is 2.86 bits per heavy atom. The second kappa shape index (κ2) is 5.71. The summed E-state index contributed by atoms with van der Waals surface area (Å²) in [5, 5.41) is 3.05. The molecule has 22 heavy (non-hydrogen) atoms. The number of carbonyl (C=O) groups excluding carboxylic acids is 1. The maximum Gasteiger partial charge on any atom is 0.317 e. The second-order valence-corrected chi connectivity index (χ2v) is 6.19. The van der Waals surface area contributed by atoms with Crippen LogP contribution in [-0.2, 0) is 19.3 Å². The molecule has 0 spiro atoms. The van der Waals surface area contributed by atoms with Crippen molar-refractivity contribution in [2.45, 2.75) is 32.1 Å². The quantitative estimate of drug-likeness (QED) is 0.928. The number of amides is 2. The molecule has 0 atom stereocenters. The molecule has 4 rings (SSSR count). The molecule has 118 valence electrons. The Kier molecular flexibility index (Phi) is 3.56. The smallest absolute Gasteiger partial charge is 0.317 e. The zero-order valence-corrected chi connectivity index (χ0v) is 12.8. The number of benzene rings is 1. The van der Waals surface area contributed by atoms with Gasteiger partial charge in [0.2, 0.25) is 0 Å². The van der Waals surface area contributed by atoms with Crippen molar-refractivity contribution in [1.29, 1.82) is 0 Å². The van der Waals surface area contributed by atoms with Gasteiger partial charge in [0.15, 0.2) is 0 Å². The predicted octanol–water partition coefficient (Wildman–Crippen LogP) is 1.90. The van der Waals surface area contributed by atoms with E-state index in [1.54, 1.807) is 0 Å². The van der Waals surface area contributed by atoms with Gasteiger partial charge in [0, 0.05) is 49.2 Å². The minimum Gasteiger partial charge on any atom is -0.493 e. The lowest BCUT2D eigenvalue weighted by atomic mass is 9.97. The van der Waals surface area contributed by atoms with Gasteiger partial charge in [-0.05, 0) is 25.3 Å². The van der Waals surface area contributed by atoms with Crippen molar-refractivity contribution < 1.29 is 14.3 Å². The lowest BCUT2D eigenvalue weighted by Gasteiger charge is -2.17. The number of rotatable bonds is 3. The van der Waals surface area contributed by atoms with Gasteiger partial charge >= 0.3 is 6.03 Å². The monoisotopic (exact) mass is 302 g/mol. The maximum absolute atomic E-state index is 12.1. The lowest BCUT2D eigenvalue weighted by Crippen LogP contribution is -2.38. The fourth-order valence-corrected chi connectivity index (χ4v) is 3.68. The number of fused-ring (bicyclic) bond motifs is 2. The maximum atomic E-state index is 12.1. The molecule has 1 fully saturated rings. The highest BCUT2D eigenvalue weighted by atomic mass is 16.5. The highest BCUT2D eigenvalue weighted by Crippen LogP contribution is 2.40. The average Bonchev–Trinajstić information content (AvgIpc) is 3.26. The molecule has 5 nitrogen and oxygen atoms in total. The van der Waals surface area contributed by atoms with Crippen LogP contribution in [-0.4, -0.2) is 43.8 Å². The highest BCUT2D eigenvalue weighted by molar-refractivity contribution is 5.74. The number of nitrogens with one attached hydrogen (secondary N) is 1. The first kappa shape index (κ1) is 13.7.